The van der Waals surface area contributed by atoms with Crippen LogP contribution in [-0.4, -0.2) is 57.3 Å². The van der Waals surface area contributed by atoms with E-state index in [2.05, 4.69) is 5.32 Å². The highest BCUT2D eigenvalue weighted by molar-refractivity contribution is 7.92. The number of nitrogens with zero attached hydrogens (tertiary/aromatic N) is 2. The zero-order valence-electron chi connectivity index (χ0n) is 20.6. The third kappa shape index (κ3) is 6.45. The van der Waals surface area contributed by atoms with Crippen LogP contribution in [0.5, 0.6) is 11.5 Å². The molecule has 2 aromatic carbocycles. The number of carbonyl (C=O) groups excluding carboxylic acids is 2. The highest BCUT2D eigenvalue weighted by Crippen LogP contribution is 2.36. The molecule has 1 atom stereocenters. The Morgan fingerprint density at radius 2 is 1.80 bits per heavy atom. The third-order valence-electron chi connectivity index (χ3n) is 5.86. The van der Waals surface area contributed by atoms with Crippen LogP contribution >= 0.6 is 0 Å². The molecule has 0 saturated heterocycles. The van der Waals surface area contributed by atoms with E-state index in [0.717, 1.165) is 28.1 Å². The second-order valence-corrected chi connectivity index (χ2v) is 10.4. The van der Waals surface area contributed by atoms with Crippen molar-refractivity contribution < 1.29 is 27.5 Å². The van der Waals surface area contributed by atoms with Gasteiger partial charge in [0.25, 0.3) is 0 Å². The molecule has 0 aromatic heterocycles. The van der Waals surface area contributed by atoms with E-state index in [9.17, 15) is 18.0 Å². The predicted octanol–water partition coefficient (Wildman–Crippen LogP) is 2.82. The van der Waals surface area contributed by atoms with Crippen LogP contribution in [0.15, 0.2) is 42.5 Å². The summed E-state index contributed by atoms with van der Waals surface area (Å²) in [6, 6.07) is 11.6. The molecule has 0 fully saturated rings. The fourth-order valence-electron chi connectivity index (χ4n) is 3.91. The van der Waals surface area contributed by atoms with Crippen molar-refractivity contribution in [3.05, 3.63) is 53.6 Å². The predicted molar refractivity (Wildman–Crippen MR) is 134 cm³/mol. The molecule has 1 aliphatic rings. The minimum Gasteiger partial charge on any atom is -0.454 e. The number of fused-ring (bicyclic) bond motifs is 1. The van der Waals surface area contributed by atoms with Crippen LogP contribution < -0.4 is 19.1 Å². The average Bonchev–Trinajstić information content (AvgIpc) is 3.29. The Bertz CT molecular complexity index is 1170. The Balaban J connectivity index is 1.95. The number of benzene rings is 2. The first kappa shape index (κ1) is 26.3. The lowest BCUT2D eigenvalue weighted by atomic mass is 10.1. The van der Waals surface area contributed by atoms with Gasteiger partial charge in [0.15, 0.2) is 11.5 Å². The Labute approximate surface area is 207 Å². The molecule has 190 valence electrons. The van der Waals surface area contributed by atoms with Gasteiger partial charge in [0.1, 0.15) is 12.6 Å². The van der Waals surface area contributed by atoms with Crippen molar-refractivity contribution in [3.8, 4) is 11.5 Å². The van der Waals surface area contributed by atoms with Crippen LogP contribution in [0.4, 0.5) is 5.69 Å². The summed E-state index contributed by atoms with van der Waals surface area (Å²) in [6.45, 7) is 5.99. The van der Waals surface area contributed by atoms with E-state index in [0.29, 0.717) is 24.5 Å². The van der Waals surface area contributed by atoms with Crippen LogP contribution in [0, 0.1) is 6.92 Å². The number of sulfonamides is 1. The smallest absolute Gasteiger partial charge is 0.244 e. The van der Waals surface area contributed by atoms with Crippen molar-refractivity contribution >= 4 is 27.5 Å². The van der Waals surface area contributed by atoms with E-state index in [1.54, 1.807) is 12.1 Å². The molecule has 1 N–H and O–H groups in total. The molecule has 0 saturated carbocycles. The summed E-state index contributed by atoms with van der Waals surface area (Å²) in [7, 11) is -3.82. The zero-order chi connectivity index (χ0) is 25.6. The SMILES string of the molecule is CCCNC(=O)C(CC)N(Cc1ccccc1C)C(=O)CN(c1ccc2c(c1)OCO2)S(C)(=O)=O. The van der Waals surface area contributed by atoms with Gasteiger partial charge in [-0.2, -0.15) is 0 Å². The summed E-state index contributed by atoms with van der Waals surface area (Å²) in [5.41, 5.74) is 2.14. The molecule has 0 spiro atoms. The quantitative estimate of drug-likeness (QED) is 0.506. The highest BCUT2D eigenvalue weighted by Gasteiger charge is 2.32. The molecule has 1 aliphatic heterocycles. The fraction of sp³-hybridized carbons (Fsp3) is 0.440. The van der Waals surface area contributed by atoms with Gasteiger partial charge in [0, 0.05) is 19.2 Å². The maximum absolute atomic E-state index is 13.7. The number of ether oxygens (including phenoxy) is 2. The van der Waals surface area contributed by atoms with Crippen LogP contribution in [0.25, 0.3) is 0 Å². The fourth-order valence-corrected chi connectivity index (χ4v) is 4.75. The first-order valence-corrected chi connectivity index (χ1v) is 13.5. The van der Waals surface area contributed by atoms with Crippen molar-refractivity contribution in [2.45, 2.75) is 46.2 Å². The molecule has 0 aliphatic carbocycles. The number of carbonyl (C=O) groups is 2. The van der Waals surface area contributed by atoms with Gasteiger partial charge in [-0.15, -0.1) is 0 Å². The van der Waals surface area contributed by atoms with Gasteiger partial charge in [-0.3, -0.25) is 13.9 Å². The zero-order valence-corrected chi connectivity index (χ0v) is 21.4. The second-order valence-electron chi connectivity index (χ2n) is 8.47. The molecule has 1 heterocycles. The van der Waals surface area contributed by atoms with Crippen molar-refractivity contribution in [1.29, 1.82) is 0 Å². The topological polar surface area (TPSA) is 105 Å². The van der Waals surface area contributed by atoms with Gasteiger partial charge in [0.05, 0.1) is 11.9 Å². The molecule has 2 amide bonds. The molecular weight excluding hydrogens is 470 g/mol. The van der Waals surface area contributed by atoms with E-state index in [4.69, 9.17) is 9.47 Å². The number of rotatable bonds is 11. The molecular formula is C25H33N3O6S. The van der Waals surface area contributed by atoms with Crippen molar-refractivity contribution in [2.75, 3.05) is 30.4 Å². The lowest BCUT2D eigenvalue weighted by Crippen LogP contribution is -2.52. The largest absolute Gasteiger partial charge is 0.454 e. The second kappa shape index (κ2) is 11.4. The summed E-state index contributed by atoms with van der Waals surface area (Å²) in [5.74, 6) is 0.180. The summed E-state index contributed by atoms with van der Waals surface area (Å²) >= 11 is 0. The summed E-state index contributed by atoms with van der Waals surface area (Å²) < 4.78 is 37.2. The lowest BCUT2D eigenvalue weighted by molar-refractivity contribution is -0.140. The third-order valence-corrected chi connectivity index (χ3v) is 7.00. The van der Waals surface area contributed by atoms with Crippen LogP contribution in [0.2, 0.25) is 0 Å². The minimum atomic E-state index is -3.82. The molecule has 35 heavy (non-hydrogen) atoms. The Morgan fingerprint density at radius 1 is 1.09 bits per heavy atom. The van der Waals surface area contributed by atoms with Gasteiger partial charge in [-0.05, 0) is 43.0 Å². The van der Waals surface area contributed by atoms with Gasteiger partial charge in [-0.25, -0.2) is 8.42 Å². The number of hydrogen-bond acceptors (Lipinski definition) is 6. The summed E-state index contributed by atoms with van der Waals surface area (Å²) in [5, 5.41) is 2.87. The van der Waals surface area contributed by atoms with E-state index in [-0.39, 0.29) is 24.9 Å². The van der Waals surface area contributed by atoms with E-state index < -0.39 is 28.5 Å². The summed E-state index contributed by atoms with van der Waals surface area (Å²) in [6.07, 6.45) is 2.19. The van der Waals surface area contributed by atoms with E-state index in [1.165, 1.54) is 11.0 Å². The van der Waals surface area contributed by atoms with Crippen LogP contribution in [0.1, 0.15) is 37.8 Å². The number of nitrogens with one attached hydrogen (secondary N) is 1. The van der Waals surface area contributed by atoms with Gasteiger partial charge in [0.2, 0.25) is 28.6 Å². The minimum absolute atomic E-state index is 0.0475. The van der Waals surface area contributed by atoms with E-state index in [1.807, 2.05) is 45.0 Å². The molecule has 1 unspecified atom stereocenters. The molecule has 9 nitrogen and oxygen atoms in total. The number of hydrogen-bond donors (Lipinski definition) is 1. The molecule has 0 bridgehead atoms. The molecule has 3 rings (SSSR count). The first-order chi connectivity index (χ1) is 16.7. The van der Waals surface area contributed by atoms with Crippen LogP contribution in [-0.2, 0) is 26.2 Å². The normalized spacial score (nSPS) is 13.3. The van der Waals surface area contributed by atoms with E-state index >= 15 is 0 Å². The number of aryl methyl sites for hydroxylation is 1. The Kier molecular flexibility index (Phi) is 8.61. The Morgan fingerprint density at radius 3 is 2.46 bits per heavy atom. The lowest BCUT2D eigenvalue weighted by Gasteiger charge is -2.33. The monoisotopic (exact) mass is 503 g/mol. The average molecular weight is 504 g/mol. The van der Waals surface area contributed by atoms with Gasteiger partial charge in [-0.1, -0.05) is 38.1 Å². The number of amides is 2. The van der Waals surface area contributed by atoms with Crippen molar-refractivity contribution in [3.63, 3.8) is 0 Å². The van der Waals surface area contributed by atoms with Crippen molar-refractivity contribution in [1.82, 2.24) is 10.2 Å². The molecule has 2 aromatic rings. The maximum Gasteiger partial charge on any atom is 0.244 e. The number of anilines is 1. The standard InChI is InChI=1S/C25H33N3O6S/c1-5-13-26-25(30)21(6-2)27(15-19-10-8-7-9-18(19)3)24(29)16-28(35(4,31)32)20-11-12-22-23(14-20)34-17-33-22/h7-12,14,21H,5-6,13,15-17H2,1-4H3,(H,26,30). The maximum atomic E-state index is 13.7. The first-order valence-electron chi connectivity index (χ1n) is 11.6. The van der Waals surface area contributed by atoms with Crippen LogP contribution in [0.3, 0.4) is 0 Å². The molecule has 10 heteroatoms. The Hall–Kier alpha value is -3.27. The molecule has 0 radical (unpaired) electrons. The van der Waals surface area contributed by atoms with Gasteiger partial charge >= 0.3 is 0 Å². The van der Waals surface area contributed by atoms with Gasteiger partial charge < -0.3 is 19.7 Å². The highest BCUT2D eigenvalue weighted by atomic mass is 32.2. The van der Waals surface area contributed by atoms with Crippen molar-refractivity contribution in [2.24, 2.45) is 0 Å². The summed E-state index contributed by atoms with van der Waals surface area (Å²) in [4.78, 5) is 28.1.